The number of nitrogens with zero attached hydrogens (tertiary/aromatic N) is 2. The Balaban J connectivity index is 1.82. The first-order valence-electron chi connectivity index (χ1n) is 9.21. The molecule has 0 unspecified atom stereocenters. The number of aryl methyl sites for hydroxylation is 1. The average molecular weight is 438 g/mol. The number of hydrogen-bond donors (Lipinski definition) is 1. The smallest absolute Gasteiger partial charge is 0.234 e. The number of thioether (sulfide) groups is 1. The zero-order valence-corrected chi connectivity index (χ0v) is 18.6. The van der Waals surface area contributed by atoms with Crippen molar-refractivity contribution in [2.45, 2.75) is 17.7 Å². The molecule has 29 heavy (non-hydrogen) atoms. The predicted octanol–water partition coefficient (Wildman–Crippen LogP) is 2.85. The van der Waals surface area contributed by atoms with Gasteiger partial charge in [-0.1, -0.05) is 29.5 Å². The van der Waals surface area contributed by atoms with Crippen LogP contribution in [-0.2, 0) is 25.5 Å². The number of ether oxygens (including phenoxy) is 2. The first kappa shape index (κ1) is 23.3. The van der Waals surface area contributed by atoms with Gasteiger partial charge in [0.15, 0.2) is 4.34 Å². The second kappa shape index (κ2) is 12.6. The highest BCUT2D eigenvalue weighted by Crippen LogP contribution is 2.23. The Morgan fingerprint density at radius 1 is 1.14 bits per heavy atom. The third-order valence-corrected chi connectivity index (χ3v) is 6.08. The summed E-state index contributed by atoms with van der Waals surface area (Å²) < 4.78 is 10.9. The molecule has 0 saturated carbocycles. The predicted molar refractivity (Wildman–Crippen MR) is 117 cm³/mol. The maximum Gasteiger partial charge on any atom is 0.234 e. The topological polar surface area (TPSA) is 80.8 Å². The van der Waals surface area contributed by atoms with Crippen LogP contribution in [-0.4, -0.2) is 68.0 Å². The lowest BCUT2D eigenvalue weighted by atomic mass is 10.2. The molecule has 0 aliphatic rings. The molecular weight excluding hydrogens is 410 g/mol. The van der Waals surface area contributed by atoms with Gasteiger partial charge in [0.25, 0.3) is 0 Å². The number of carbonyl (C=O) groups is 2. The van der Waals surface area contributed by atoms with Gasteiger partial charge in [0, 0.05) is 38.4 Å². The highest BCUT2D eigenvalue weighted by molar-refractivity contribution is 8.01. The van der Waals surface area contributed by atoms with Gasteiger partial charge in [-0.15, -0.1) is 11.3 Å². The largest absolute Gasteiger partial charge is 0.383 e. The fourth-order valence-corrected chi connectivity index (χ4v) is 4.07. The number of rotatable bonds is 12. The zero-order chi connectivity index (χ0) is 21.1. The minimum Gasteiger partial charge on any atom is -0.383 e. The van der Waals surface area contributed by atoms with Crippen LogP contribution in [0.4, 0.5) is 5.69 Å². The molecule has 0 radical (unpaired) electrons. The highest BCUT2D eigenvalue weighted by atomic mass is 32.2. The van der Waals surface area contributed by atoms with E-state index >= 15 is 0 Å². The van der Waals surface area contributed by atoms with Crippen molar-refractivity contribution in [3.8, 4) is 0 Å². The first-order valence-corrected chi connectivity index (χ1v) is 11.1. The summed E-state index contributed by atoms with van der Waals surface area (Å²) in [5.41, 5.74) is 2.63. The summed E-state index contributed by atoms with van der Waals surface area (Å²) in [6, 6.07) is 7.67. The molecule has 158 valence electrons. The number of benzene rings is 1. The number of nitrogens with one attached hydrogen (secondary N) is 1. The Bertz CT molecular complexity index is 772. The van der Waals surface area contributed by atoms with Crippen molar-refractivity contribution in [1.29, 1.82) is 0 Å². The summed E-state index contributed by atoms with van der Waals surface area (Å²) in [7, 11) is 3.22. The second-order valence-electron chi connectivity index (χ2n) is 6.35. The summed E-state index contributed by atoms with van der Waals surface area (Å²) in [6.45, 7) is 3.99. The first-order chi connectivity index (χ1) is 14.0. The average Bonchev–Trinajstić information content (AvgIpc) is 3.15. The van der Waals surface area contributed by atoms with Crippen molar-refractivity contribution in [3.05, 3.63) is 40.9 Å². The quantitative estimate of drug-likeness (QED) is 0.514. The van der Waals surface area contributed by atoms with Crippen LogP contribution < -0.4 is 5.32 Å². The van der Waals surface area contributed by atoms with Crippen LogP contribution in [0.1, 0.15) is 11.3 Å². The van der Waals surface area contributed by atoms with Gasteiger partial charge >= 0.3 is 0 Å². The van der Waals surface area contributed by atoms with Gasteiger partial charge in [-0.25, -0.2) is 4.98 Å². The third-order valence-electron chi connectivity index (χ3n) is 4.01. The van der Waals surface area contributed by atoms with Crippen LogP contribution in [0.25, 0.3) is 0 Å². The molecule has 0 spiro atoms. The lowest BCUT2D eigenvalue weighted by Gasteiger charge is -2.21. The molecule has 1 aromatic heterocycles. The van der Waals surface area contributed by atoms with Crippen LogP contribution in [0.5, 0.6) is 0 Å². The van der Waals surface area contributed by atoms with Gasteiger partial charge in [0.2, 0.25) is 11.8 Å². The van der Waals surface area contributed by atoms with Crippen molar-refractivity contribution < 1.29 is 19.1 Å². The fourth-order valence-electron chi connectivity index (χ4n) is 2.43. The summed E-state index contributed by atoms with van der Waals surface area (Å²) >= 11 is 2.81. The Morgan fingerprint density at radius 3 is 2.41 bits per heavy atom. The minimum absolute atomic E-state index is 0.0157. The van der Waals surface area contributed by atoms with E-state index in [2.05, 4.69) is 10.3 Å². The molecule has 2 rings (SSSR count). The van der Waals surface area contributed by atoms with E-state index in [1.807, 2.05) is 36.6 Å². The number of thiazole rings is 1. The van der Waals surface area contributed by atoms with E-state index in [0.29, 0.717) is 32.0 Å². The minimum atomic E-state index is -0.0861. The number of anilines is 1. The Hall–Kier alpha value is -1.94. The van der Waals surface area contributed by atoms with Crippen molar-refractivity contribution in [2.75, 3.05) is 51.6 Å². The van der Waals surface area contributed by atoms with Crippen LogP contribution in [0.2, 0.25) is 0 Å². The zero-order valence-electron chi connectivity index (χ0n) is 17.0. The molecule has 0 saturated heterocycles. The molecule has 1 N–H and O–H groups in total. The Morgan fingerprint density at radius 2 is 1.79 bits per heavy atom. The molecule has 0 atom stereocenters. The van der Waals surface area contributed by atoms with Crippen LogP contribution >= 0.6 is 23.1 Å². The van der Waals surface area contributed by atoms with E-state index in [1.54, 1.807) is 19.1 Å². The number of aromatic nitrogens is 1. The molecule has 7 nitrogen and oxygen atoms in total. The van der Waals surface area contributed by atoms with E-state index < -0.39 is 0 Å². The number of hydrogen-bond acceptors (Lipinski definition) is 7. The van der Waals surface area contributed by atoms with E-state index in [0.717, 1.165) is 15.6 Å². The van der Waals surface area contributed by atoms with Crippen LogP contribution in [0, 0.1) is 6.92 Å². The molecule has 0 aliphatic carbocycles. The van der Waals surface area contributed by atoms with Gasteiger partial charge in [0.05, 0.1) is 31.1 Å². The summed E-state index contributed by atoms with van der Waals surface area (Å²) in [5, 5.41) is 4.73. The summed E-state index contributed by atoms with van der Waals surface area (Å²) in [4.78, 5) is 30.8. The number of methoxy groups -OCH3 is 2. The van der Waals surface area contributed by atoms with E-state index in [9.17, 15) is 9.59 Å². The summed E-state index contributed by atoms with van der Waals surface area (Å²) in [5.74, 6) is 0.165. The van der Waals surface area contributed by atoms with Gasteiger partial charge in [-0.3, -0.25) is 9.59 Å². The van der Waals surface area contributed by atoms with Crippen molar-refractivity contribution in [3.63, 3.8) is 0 Å². The molecule has 0 bridgehead atoms. The molecule has 2 amide bonds. The fraction of sp³-hybridized carbons (Fsp3) is 0.450. The maximum absolute atomic E-state index is 12.5. The van der Waals surface area contributed by atoms with E-state index in [1.165, 1.54) is 23.1 Å². The van der Waals surface area contributed by atoms with Gasteiger partial charge in [-0.2, -0.15) is 0 Å². The van der Waals surface area contributed by atoms with Crippen LogP contribution in [0.15, 0.2) is 34.0 Å². The molecule has 0 aliphatic heterocycles. The Kier molecular flexibility index (Phi) is 10.1. The lowest BCUT2D eigenvalue weighted by molar-refractivity contribution is -0.131. The van der Waals surface area contributed by atoms with E-state index in [4.69, 9.17) is 9.47 Å². The molecule has 1 heterocycles. The van der Waals surface area contributed by atoms with E-state index in [-0.39, 0.29) is 24.0 Å². The van der Waals surface area contributed by atoms with Crippen molar-refractivity contribution in [1.82, 2.24) is 9.88 Å². The highest BCUT2D eigenvalue weighted by Gasteiger charge is 2.16. The monoisotopic (exact) mass is 437 g/mol. The standard InChI is InChI=1S/C20H27N3O4S2/c1-15-4-6-16(7-5-15)21-18(24)14-29-20-22-17(13-28-20)12-19(25)23(8-10-26-2)9-11-27-3/h4-7,13H,8-12,14H2,1-3H3,(H,21,24). The van der Waals surface area contributed by atoms with Gasteiger partial charge < -0.3 is 19.7 Å². The SMILES string of the molecule is COCCN(CCOC)C(=O)Cc1csc(SCC(=O)Nc2ccc(C)cc2)n1. The van der Waals surface area contributed by atoms with Crippen molar-refractivity contribution >= 4 is 40.6 Å². The molecule has 2 aromatic rings. The molecular formula is C20H27N3O4S2. The molecule has 0 fully saturated rings. The van der Waals surface area contributed by atoms with Crippen LogP contribution in [0.3, 0.4) is 0 Å². The summed E-state index contributed by atoms with van der Waals surface area (Å²) in [6.07, 6.45) is 0.222. The number of carbonyl (C=O) groups excluding carboxylic acids is 2. The normalized spacial score (nSPS) is 10.7. The second-order valence-corrected chi connectivity index (χ2v) is 8.43. The van der Waals surface area contributed by atoms with Gasteiger partial charge in [0.1, 0.15) is 0 Å². The van der Waals surface area contributed by atoms with Gasteiger partial charge in [-0.05, 0) is 19.1 Å². The number of amides is 2. The Labute approximate surface area is 179 Å². The molecule has 1 aromatic carbocycles. The third kappa shape index (κ3) is 8.53. The van der Waals surface area contributed by atoms with Crippen molar-refractivity contribution in [2.24, 2.45) is 0 Å². The lowest BCUT2D eigenvalue weighted by Crippen LogP contribution is -2.37. The molecule has 9 heteroatoms. The maximum atomic E-state index is 12.5.